The second kappa shape index (κ2) is 8.16. The molecule has 1 heterocycles. The number of rotatable bonds is 5. The summed E-state index contributed by atoms with van der Waals surface area (Å²) in [5.74, 6) is 0.523. The van der Waals surface area contributed by atoms with Crippen molar-refractivity contribution in [3.05, 3.63) is 12.7 Å². The lowest BCUT2D eigenvalue weighted by atomic mass is 10.2. The molecule has 1 aliphatic heterocycles. The van der Waals surface area contributed by atoms with Gasteiger partial charge in [-0.25, -0.2) is 0 Å². The highest BCUT2D eigenvalue weighted by molar-refractivity contribution is 5.77. The first-order chi connectivity index (χ1) is 7.83. The molecule has 4 nitrogen and oxygen atoms in total. The van der Waals surface area contributed by atoms with Crippen molar-refractivity contribution in [2.24, 2.45) is 10.7 Å². The molecule has 1 rings (SSSR count). The smallest absolute Gasteiger partial charge is 0.188 e. The van der Waals surface area contributed by atoms with E-state index in [-0.39, 0.29) is 0 Å². The fourth-order valence-corrected chi connectivity index (χ4v) is 1.90. The first kappa shape index (κ1) is 13.0. The van der Waals surface area contributed by atoms with E-state index in [4.69, 9.17) is 5.73 Å². The third-order valence-corrected chi connectivity index (χ3v) is 2.82. The van der Waals surface area contributed by atoms with Crippen LogP contribution in [0.25, 0.3) is 0 Å². The van der Waals surface area contributed by atoms with E-state index in [0.717, 1.165) is 13.1 Å². The van der Waals surface area contributed by atoms with E-state index in [2.05, 4.69) is 21.8 Å². The van der Waals surface area contributed by atoms with Gasteiger partial charge in [0.15, 0.2) is 5.96 Å². The van der Waals surface area contributed by atoms with Crippen molar-refractivity contribution >= 4 is 5.96 Å². The van der Waals surface area contributed by atoms with Crippen LogP contribution in [-0.4, -0.2) is 43.6 Å². The molecule has 0 atom stereocenters. The second-order valence-electron chi connectivity index (χ2n) is 4.19. The molecule has 0 aromatic heterocycles. The Labute approximate surface area is 98.6 Å². The summed E-state index contributed by atoms with van der Waals surface area (Å²) in [5, 5.41) is 2.97. The van der Waals surface area contributed by atoms with E-state index in [1.807, 2.05) is 0 Å². The van der Waals surface area contributed by atoms with Crippen LogP contribution in [0.15, 0.2) is 17.6 Å². The van der Waals surface area contributed by atoms with Gasteiger partial charge < -0.3 is 16.0 Å². The predicted molar refractivity (Wildman–Crippen MR) is 69.6 cm³/mol. The van der Waals surface area contributed by atoms with Gasteiger partial charge in [-0.2, -0.15) is 0 Å². The first-order valence-corrected chi connectivity index (χ1v) is 6.20. The van der Waals surface area contributed by atoms with E-state index >= 15 is 0 Å². The molecule has 0 spiro atoms. The Hall–Kier alpha value is -1.03. The number of likely N-dealkylation sites (tertiary alicyclic amines) is 1. The van der Waals surface area contributed by atoms with Crippen LogP contribution in [0, 0.1) is 0 Å². The predicted octanol–water partition coefficient (Wildman–Crippen LogP) is 0.953. The number of guanidine groups is 1. The van der Waals surface area contributed by atoms with Crippen LogP contribution in [-0.2, 0) is 0 Å². The van der Waals surface area contributed by atoms with Crippen LogP contribution in [0.3, 0.4) is 0 Å². The van der Waals surface area contributed by atoms with Crippen molar-refractivity contribution in [2.75, 3.05) is 32.7 Å². The molecule has 1 saturated heterocycles. The van der Waals surface area contributed by atoms with Crippen LogP contribution in [0.4, 0.5) is 0 Å². The quantitative estimate of drug-likeness (QED) is 0.415. The highest BCUT2D eigenvalue weighted by atomic mass is 15.1. The summed E-state index contributed by atoms with van der Waals surface area (Å²) in [6, 6.07) is 0. The SMILES string of the molecule is C=CCNC(N)=NCCN1CCCCCC1. The second-order valence-corrected chi connectivity index (χ2v) is 4.19. The van der Waals surface area contributed by atoms with Gasteiger partial charge in [-0.15, -0.1) is 6.58 Å². The largest absolute Gasteiger partial charge is 0.370 e. The molecule has 1 fully saturated rings. The Morgan fingerprint density at radius 3 is 2.62 bits per heavy atom. The van der Waals surface area contributed by atoms with Gasteiger partial charge in [0.2, 0.25) is 0 Å². The van der Waals surface area contributed by atoms with E-state index in [9.17, 15) is 0 Å². The topological polar surface area (TPSA) is 53.6 Å². The summed E-state index contributed by atoms with van der Waals surface area (Å²) in [5.41, 5.74) is 5.68. The number of nitrogens with two attached hydrogens (primary N) is 1. The Bertz CT molecular complexity index is 217. The Balaban J connectivity index is 2.14. The van der Waals surface area contributed by atoms with E-state index in [1.54, 1.807) is 6.08 Å². The number of aliphatic imine (C=N–C) groups is 1. The molecule has 0 aliphatic carbocycles. The zero-order valence-electron chi connectivity index (χ0n) is 10.1. The monoisotopic (exact) mass is 224 g/mol. The summed E-state index contributed by atoms with van der Waals surface area (Å²) in [4.78, 5) is 6.76. The molecule has 0 amide bonds. The molecule has 1 aliphatic rings. The van der Waals surface area contributed by atoms with E-state index in [1.165, 1.54) is 38.8 Å². The van der Waals surface area contributed by atoms with Gasteiger partial charge in [0.1, 0.15) is 0 Å². The maximum Gasteiger partial charge on any atom is 0.188 e. The maximum absolute atomic E-state index is 5.68. The number of hydrogen-bond donors (Lipinski definition) is 2. The van der Waals surface area contributed by atoms with Crippen molar-refractivity contribution in [3.8, 4) is 0 Å². The zero-order chi connectivity index (χ0) is 11.6. The minimum atomic E-state index is 0.523. The van der Waals surface area contributed by atoms with Crippen molar-refractivity contribution in [2.45, 2.75) is 25.7 Å². The van der Waals surface area contributed by atoms with Gasteiger partial charge in [-0.05, 0) is 25.9 Å². The minimum Gasteiger partial charge on any atom is -0.370 e. The molecule has 0 aromatic carbocycles. The first-order valence-electron chi connectivity index (χ1n) is 6.20. The molecule has 4 heteroatoms. The molecule has 92 valence electrons. The molecule has 16 heavy (non-hydrogen) atoms. The minimum absolute atomic E-state index is 0.523. The van der Waals surface area contributed by atoms with Crippen LogP contribution in [0.2, 0.25) is 0 Å². The highest BCUT2D eigenvalue weighted by Crippen LogP contribution is 2.08. The summed E-state index contributed by atoms with van der Waals surface area (Å²) in [6.07, 6.45) is 7.19. The van der Waals surface area contributed by atoms with Gasteiger partial charge in [-0.1, -0.05) is 18.9 Å². The standard InChI is InChI=1S/C12H24N4/c1-2-7-14-12(13)15-8-11-16-9-5-3-4-6-10-16/h2H,1,3-11H2,(H3,13,14,15). The fraction of sp³-hybridized carbons (Fsp3) is 0.750. The van der Waals surface area contributed by atoms with Crippen molar-refractivity contribution in [1.29, 1.82) is 0 Å². The van der Waals surface area contributed by atoms with Gasteiger partial charge in [0, 0.05) is 13.1 Å². The normalized spacial score (nSPS) is 19.1. The number of nitrogens with zero attached hydrogens (tertiary/aromatic N) is 2. The Kier molecular flexibility index (Phi) is 6.65. The summed E-state index contributed by atoms with van der Waals surface area (Å²) < 4.78 is 0. The van der Waals surface area contributed by atoms with Gasteiger partial charge in [0.25, 0.3) is 0 Å². The molecular formula is C12H24N4. The van der Waals surface area contributed by atoms with E-state index < -0.39 is 0 Å². The summed E-state index contributed by atoms with van der Waals surface area (Å²) >= 11 is 0. The fourth-order valence-electron chi connectivity index (χ4n) is 1.90. The van der Waals surface area contributed by atoms with Crippen LogP contribution in [0.1, 0.15) is 25.7 Å². The third-order valence-electron chi connectivity index (χ3n) is 2.82. The summed E-state index contributed by atoms with van der Waals surface area (Å²) in [7, 11) is 0. The lowest BCUT2D eigenvalue weighted by molar-refractivity contribution is 0.293. The lowest BCUT2D eigenvalue weighted by Gasteiger charge is -2.18. The maximum atomic E-state index is 5.68. The molecule has 0 unspecified atom stereocenters. The molecule has 0 bridgehead atoms. The van der Waals surface area contributed by atoms with Crippen LogP contribution >= 0.6 is 0 Å². The Morgan fingerprint density at radius 2 is 2.00 bits per heavy atom. The van der Waals surface area contributed by atoms with Crippen molar-refractivity contribution in [3.63, 3.8) is 0 Å². The average Bonchev–Trinajstić information content (AvgIpc) is 2.55. The van der Waals surface area contributed by atoms with Crippen molar-refractivity contribution in [1.82, 2.24) is 10.2 Å². The highest BCUT2D eigenvalue weighted by Gasteiger charge is 2.07. The molecule has 0 radical (unpaired) electrons. The average molecular weight is 224 g/mol. The van der Waals surface area contributed by atoms with Crippen molar-refractivity contribution < 1.29 is 0 Å². The lowest BCUT2D eigenvalue weighted by Crippen LogP contribution is -2.33. The molecule has 0 aromatic rings. The zero-order valence-corrected chi connectivity index (χ0v) is 10.1. The van der Waals surface area contributed by atoms with Crippen LogP contribution < -0.4 is 11.1 Å². The van der Waals surface area contributed by atoms with Gasteiger partial charge in [-0.3, -0.25) is 4.99 Å². The molecule has 0 saturated carbocycles. The third kappa shape index (κ3) is 5.75. The molecule has 3 N–H and O–H groups in total. The molecular weight excluding hydrogens is 200 g/mol. The summed E-state index contributed by atoms with van der Waals surface area (Å²) in [6.45, 7) is 8.54. The number of hydrogen-bond acceptors (Lipinski definition) is 2. The van der Waals surface area contributed by atoms with Gasteiger partial charge in [0.05, 0.1) is 6.54 Å². The number of nitrogens with one attached hydrogen (secondary N) is 1. The van der Waals surface area contributed by atoms with E-state index in [0.29, 0.717) is 12.5 Å². The van der Waals surface area contributed by atoms with Crippen LogP contribution in [0.5, 0.6) is 0 Å². The Morgan fingerprint density at radius 1 is 1.31 bits per heavy atom. The van der Waals surface area contributed by atoms with Gasteiger partial charge >= 0.3 is 0 Å².